The molecule has 0 aliphatic rings. The van der Waals surface area contributed by atoms with Crippen LogP contribution in [0.4, 0.5) is 0 Å². The van der Waals surface area contributed by atoms with E-state index in [4.69, 9.17) is 14.6 Å². The lowest BCUT2D eigenvalue weighted by Gasteiger charge is -2.11. The number of ketones is 1. The molecule has 0 atom stereocenters. The first-order valence-corrected chi connectivity index (χ1v) is 8.99. The maximum Gasteiger partial charge on any atom is 0.343 e. The number of hydrogen-bond acceptors (Lipinski definition) is 5. The summed E-state index contributed by atoms with van der Waals surface area (Å²) in [7, 11) is -2.89. The monoisotopic (exact) mass is 397 g/mol. The van der Waals surface area contributed by atoms with Gasteiger partial charge in [-0.25, -0.2) is 4.79 Å². The van der Waals surface area contributed by atoms with Crippen LogP contribution in [0.3, 0.4) is 0 Å². The van der Waals surface area contributed by atoms with Gasteiger partial charge in [0.1, 0.15) is 5.75 Å². The zero-order chi connectivity index (χ0) is 23.5. The first-order chi connectivity index (χ1) is 15.1. The Hall–Kier alpha value is -3.61. The number of carbonyl (C=O) groups excluding carboxylic acids is 3. The summed E-state index contributed by atoms with van der Waals surface area (Å²) in [5, 5.41) is 0.325. The number of ether oxygens (including phenoxy) is 2. The number of esters is 1. The molecule has 1 aromatic heterocycles. The summed E-state index contributed by atoms with van der Waals surface area (Å²) in [5.41, 5.74) is 7.59. The molecular formula is C22H22N2O5. The van der Waals surface area contributed by atoms with Gasteiger partial charge in [0.2, 0.25) is 0 Å². The van der Waals surface area contributed by atoms with Gasteiger partial charge in [0, 0.05) is 12.2 Å². The largest absolute Gasteiger partial charge is 0.481 e. The van der Waals surface area contributed by atoms with Crippen LogP contribution in [-0.2, 0) is 27.3 Å². The Kier molecular flexibility index (Phi) is 4.85. The molecule has 1 amide bonds. The molecule has 1 heterocycles. The zero-order valence-electron chi connectivity index (χ0n) is 18.8. The number of fused-ring (bicyclic) bond motifs is 1. The van der Waals surface area contributed by atoms with E-state index in [1.807, 2.05) is 41.8 Å². The molecule has 7 heteroatoms. The molecule has 0 unspecified atom stereocenters. The fraction of sp³-hybridized carbons (Fsp3) is 0.227. The lowest BCUT2D eigenvalue weighted by atomic mass is 10.0. The molecule has 29 heavy (non-hydrogen) atoms. The molecule has 0 bridgehead atoms. The highest BCUT2D eigenvalue weighted by Crippen LogP contribution is 2.35. The highest BCUT2D eigenvalue weighted by atomic mass is 16.6. The predicted octanol–water partition coefficient (Wildman–Crippen LogP) is 2.47. The number of nitrogens with zero attached hydrogens (tertiary/aromatic N) is 1. The minimum atomic E-state index is -2.89. The van der Waals surface area contributed by atoms with Crippen molar-refractivity contribution in [3.63, 3.8) is 0 Å². The molecule has 0 saturated carbocycles. The van der Waals surface area contributed by atoms with E-state index in [1.54, 1.807) is 12.1 Å². The Labute approximate surface area is 172 Å². The zero-order valence-corrected chi connectivity index (χ0v) is 15.8. The smallest absolute Gasteiger partial charge is 0.343 e. The second-order valence-electron chi connectivity index (χ2n) is 6.35. The molecule has 0 saturated heterocycles. The number of carbonyl (C=O) groups is 3. The van der Waals surface area contributed by atoms with Crippen LogP contribution in [0.2, 0.25) is 0 Å². The first kappa shape index (κ1) is 16.4. The number of methoxy groups -OCH3 is 1. The van der Waals surface area contributed by atoms with Gasteiger partial charge in [-0.3, -0.25) is 9.59 Å². The van der Waals surface area contributed by atoms with Crippen molar-refractivity contribution in [2.24, 2.45) is 5.73 Å². The Morgan fingerprint density at radius 1 is 1.10 bits per heavy atom. The Balaban J connectivity index is 2.13. The third-order valence-corrected chi connectivity index (χ3v) is 4.59. The SMILES string of the molecule is [2H]C([2H])([2H])OC(=O)COc1cccc2c1c(C(=O)C(N)=O)c(CC)n2Cc1ccccc1. The van der Waals surface area contributed by atoms with E-state index in [0.717, 1.165) is 5.56 Å². The molecule has 2 N–H and O–H groups in total. The molecular weight excluding hydrogens is 372 g/mol. The quantitative estimate of drug-likeness (QED) is 0.357. The summed E-state index contributed by atoms with van der Waals surface area (Å²) in [5.74, 6) is -2.95. The average molecular weight is 397 g/mol. The van der Waals surface area contributed by atoms with Crippen LogP contribution in [0, 0.1) is 0 Å². The van der Waals surface area contributed by atoms with E-state index in [0.29, 0.717) is 29.6 Å². The molecule has 150 valence electrons. The van der Waals surface area contributed by atoms with Crippen LogP contribution >= 0.6 is 0 Å². The lowest BCUT2D eigenvalue weighted by molar-refractivity contribution is -0.142. The maximum absolute atomic E-state index is 12.8. The van der Waals surface area contributed by atoms with Gasteiger partial charge in [-0.05, 0) is 24.1 Å². The molecule has 7 nitrogen and oxygen atoms in total. The second-order valence-corrected chi connectivity index (χ2v) is 6.35. The molecule has 0 aliphatic heterocycles. The number of benzene rings is 2. The van der Waals surface area contributed by atoms with Gasteiger partial charge in [-0.2, -0.15) is 0 Å². The molecule has 0 aliphatic carbocycles. The number of aromatic nitrogens is 1. The second kappa shape index (κ2) is 8.60. The number of Topliss-reactive ketones (excluding diaryl/α,β-unsaturated/α-hetero) is 1. The van der Waals surface area contributed by atoms with Crippen molar-refractivity contribution < 1.29 is 28.0 Å². The molecule has 3 rings (SSSR count). The van der Waals surface area contributed by atoms with E-state index < -0.39 is 31.3 Å². The van der Waals surface area contributed by atoms with Gasteiger partial charge in [0.25, 0.3) is 11.7 Å². The molecule has 0 spiro atoms. The number of amides is 1. The van der Waals surface area contributed by atoms with Crippen molar-refractivity contribution in [3.05, 3.63) is 65.4 Å². The van der Waals surface area contributed by atoms with Crippen molar-refractivity contribution in [3.8, 4) is 5.75 Å². The van der Waals surface area contributed by atoms with Crippen molar-refractivity contribution in [2.45, 2.75) is 19.9 Å². The van der Waals surface area contributed by atoms with E-state index in [1.165, 1.54) is 6.07 Å². The molecule has 0 fully saturated rings. The third kappa shape index (κ3) is 3.99. The highest BCUT2D eigenvalue weighted by Gasteiger charge is 2.27. The van der Waals surface area contributed by atoms with Crippen LogP contribution in [0.15, 0.2) is 48.5 Å². The van der Waals surface area contributed by atoms with Crippen molar-refractivity contribution >= 4 is 28.6 Å². The van der Waals surface area contributed by atoms with Crippen molar-refractivity contribution in [2.75, 3.05) is 13.6 Å². The fourth-order valence-electron chi connectivity index (χ4n) is 3.39. The van der Waals surface area contributed by atoms with E-state index >= 15 is 0 Å². The van der Waals surface area contributed by atoms with Gasteiger partial charge in [0.05, 0.1) is 27.6 Å². The van der Waals surface area contributed by atoms with Crippen LogP contribution < -0.4 is 10.5 Å². The van der Waals surface area contributed by atoms with Gasteiger partial charge in [-0.15, -0.1) is 0 Å². The number of nitrogens with two attached hydrogens (primary N) is 1. The van der Waals surface area contributed by atoms with E-state index in [-0.39, 0.29) is 11.3 Å². The van der Waals surface area contributed by atoms with Crippen molar-refractivity contribution in [1.82, 2.24) is 4.57 Å². The Morgan fingerprint density at radius 3 is 2.52 bits per heavy atom. The van der Waals surface area contributed by atoms with Gasteiger partial charge in [-0.1, -0.05) is 43.3 Å². The van der Waals surface area contributed by atoms with Crippen LogP contribution in [0.1, 0.15) is 32.7 Å². The Morgan fingerprint density at radius 2 is 1.86 bits per heavy atom. The summed E-state index contributed by atoms with van der Waals surface area (Å²) in [6, 6.07) is 14.5. The Bertz CT molecular complexity index is 1170. The highest BCUT2D eigenvalue weighted by molar-refractivity contribution is 6.45. The summed E-state index contributed by atoms with van der Waals surface area (Å²) < 4.78 is 32.8. The number of hydrogen-bond donors (Lipinski definition) is 1. The van der Waals surface area contributed by atoms with Gasteiger partial charge >= 0.3 is 5.97 Å². The average Bonchev–Trinajstić information content (AvgIpc) is 3.05. The minimum absolute atomic E-state index is 0.103. The topological polar surface area (TPSA) is 101 Å². The number of primary amides is 1. The molecule has 0 radical (unpaired) electrons. The summed E-state index contributed by atoms with van der Waals surface area (Å²) in [6.07, 6.45) is 0.427. The summed E-state index contributed by atoms with van der Waals surface area (Å²) in [4.78, 5) is 36.4. The number of rotatable bonds is 8. The van der Waals surface area contributed by atoms with Crippen LogP contribution in [0.5, 0.6) is 5.75 Å². The van der Waals surface area contributed by atoms with Crippen LogP contribution in [-0.4, -0.2) is 35.9 Å². The van der Waals surface area contributed by atoms with E-state index in [2.05, 4.69) is 4.74 Å². The molecule has 2 aromatic carbocycles. The normalized spacial score (nSPS) is 12.7. The fourth-order valence-corrected chi connectivity index (χ4v) is 3.39. The van der Waals surface area contributed by atoms with Gasteiger partial charge in [0.15, 0.2) is 6.61 Å². The standard InChI is InChI=1S/C22H22N2O5/c1-3-15-20(21(26)22(23)27)19-16(24(15)12-14-8-5-4-6-9-14)10-7-11-17(19)29-13-18(25)28-2/h4-11H,3,12-13H2,1-2H3,(H2,23,27)/i2D3. The van der Waals surface area contributed by atoms with Crippen LogP contribution in [0.25, 0.3) is 10.9 Å². The molecule has 3 aromatic rings. The van der Waals surface area contributed by atoms with Gasteiger partial charge < -0.3 is 19.8 Å². The maximum atomic E-state index is 12.8. The minimum Gasteiger partial charge on any atom is -0.481 e. The predicted molar refractivity (Wildman–Crippen MR) is 108 cm³/mol. The summed E-state index contributed by atoms with van der Waals surface area (Å²) >= 11 is 0. The first-order valence-electron chi connectivity index (χ1n) is 10.5. The lowest BCUT2D eigenvalue weighted by Crippen LogP contribution is -2.24. The third-order valence-electron chi connectivity index (χ3n) is 4.59. The van der Waals surface area contributed by atoms with E-state index in [9.17, 15) is 14.4 Å². The summed E-state index contributed by atoms with van der Waals surface area (Å²) in [6.45, 7) is 1.59. The van der Waals surface area contributed by atoms with Crippen molar-refractivity contribution in [1.29, 1.82) is 0 Å².